The van der Waals surface area contributed by atoms with Gasteiger partial charge in [-0.15, -0.1) is 0 Å². The van der Waals surface area contributed by atoms with Gasteiger partial charge in [-0.1, -0.05) is 195 Å². The first kappa shape index (κ1) is 36.5. The molecule has 0 amide bonds. The number of amidine groups is 1. The Balaban J connectivity index is 0.969. The van der Waals surface area contributed by atoms with Crippen molar-refractivity contribution in [1.29, 1.82) is 0 Å². The Bertz CT molecular complexity index is 3600. The average Bonchev–Trinajstić information content (AvgIpc) is 3.90. The molecule has 2 aromatic heterocycles. The number of aliphatic imine (C=N–C) groups is 2. The maximum Gasteiger partial charge on any atom is 0.159 e. The molecule has 0 fully saturated rings. The van der Waals surface area contributed by atoms with E-state index in [1.807, 2.05) is 12.1 Å². The van der Waals surface area contributed by atoms with Crippen molar-refractivity contribution >= 4 is 55.3 Å². The van der Waals surface area contributed by atoms with Crippen LogP contribution in [0.5, 0.6) is 0 Å². The first-order chi connectivity index (χ1) is 31.1. The fourth-order valence-electron chi connectivity index (χ4n) is 9.28. The summed E-state index contributed by atoms with van der Waals surface area (Å²) < 4.78 is 9.32. The highest BCUT2D eigenvalue weighted by Gasteiger charge is 2.27. The molecule has 1 unspecified atom stereocenters. The maximum absolute atomic E-state index is 6.97. The fraction of sp³-hybridized carbons (Fsp3) is 0.0169. The van der Waals surface area contributed by atoms with Gasteiger partial charge in [0.05, 0.1) is 22.4 Å². The lowest BCUT2D eigenvalue weighted by Gasteiger charge is -2.24. The predicted molar refractivity (Wildman–Crippen MR) is 262 cm³/mol. The number of fused-ring (bicyclic) bond motifs is 6. The molecule has 0 N–H and O–H groups in total. The standard InChI is InChI=1S/C59H39N3O/c1-38-56(44-28-24-42(25-29-44)39-14-5-2-6-15-39)60-59(45-30-26-43(27-31-45)40-16-7-3-8-17-40)61-57(38)47-32-34-49-50-21-13-23-54(58(50)63-55(49)37-47)62-52-22-12-11-20-48(52)51-36-46(33-35-53(51)62)41-18-9-4-10-19-41/h2-37,57H,1H2. The summed E-state index contributed by atoms with van der Waals surface area (Å²) in [6.45, 7) is 4.67. The minimum Gasteiger partial charge on any atom is -0.454 e. The summed E-state index contributed by atoms with van der Waals surface area (Å²) in [6, 6.07) is 76.6. The molecule has 0 radical (unpaired) electrons. The minimum absolute atomic E-state index is 0.386. The summed E-state index contributed by atoms with van der Waals surface area (Å²) in [4.78, 5) is 10.6. The Morgan fingerprint density at radius 2 is 0.952 bits per heavy atom. The lowest BCUT2D eigenvalue weighted by atomic mass is 9.90. The second-order valence-electron chi connectivity index (χ2n) is 16.2. The molecule has 11 aromatic rings. The van der Waals surface area contributed by atoms with Crippen molar-refractivity contribution in [1.82, 2.24) is 4.57 Å². The van der Waals surface area contributed by atoms with Gasteiger partial charge >= 0.3 is 0 Å². The smallest absolute Gasteiger partial charge is 0.159 e. The lowest BCUT2D eigenvalue weighted by molar-refractivity contribution is 0.665. The van der Waals surface area contributed by atoms with Gasteiger partial charge in [0.15, 0.2) is 11.4 Å². The summed E-state index contributed by atoms with van der Waals surface area (Å²) >= 11 is 0. The molecule has 1 atom stereocenters. The van der Waals surface area contributed by atoms with E-state index in [2.05, 4.69) is 217 Å². The van der Waals surface area contributed by atoms with Gasteiger partial charge < -0.3 is 8.98 Å². The fourth-order valence-corrected chi connectivity index (χ4v) is 9.28. The van der Waals surface area contributed by atoms with Crippen LogP contribution in [0.1, 0.15) is 22.7 Å². The Morgan fingerprint density at radius 3 is 1.63 bits per heavy atom. The number of aromatic nitrogens is 1. The van der Waals surface area contributed by atoms with Crippen LogP contribution in [0.2, 0.25) is 0 Å². The van der Waals surface area contributed by atoms with Gasteiger partial charge in [-0.05, 0) is 69.3 Å². The summed E-state index contributed by atoms with van der Waals surface area (Å²) in [5, 5.41) is 4.52. The van der Waals surface area contributed by atoms with Crippen LogP contribution >= 0.6 is 0 Å². The molecule has 1 aliphatic rings. The van der Waals surface area contributed by atoms with Gasteiger partial charge in [0.2, 0.25) is 0 Å². The molecule has 63 heavy (non-hydrogen) atoms. The number of benzene rings is 9. The Morgan fingerprint density at radius 1 is 0.413 bits per heavy atom. The highest BCUT2D eigenvalue weighted by atomic mass is 16.3. The van der Waals surface area contributed by atoms with E-state index < -0.39 is 0 Å². The highest BCUT2D eigenvalue weighted by molar-refractivity contribution is 6.22. The van der Waals surface area contributed by atoms with Gasteiger partial charge in [-0.2, -0.15) is 0 Å². The van der Waals surface area contributed by atoms with Crippen molar-refractivity contribution in [2.75, 3.05) is 0 Å². The van der Waals surface area contributed by atoms with Gasteiger partial charge in [0.1, 0.15) is 11.6 Å². The molecular weight excluding hydrogens is 767 g/mol. The largest absolute Gasteiger partial charge is 0.454 e. The molecule has 1 aliphatic heterocycles. The second-order valence-corrected chi connectivity index (χ2v) is 16.2. The second kappa shape index (κ2) is 15.0. The number of rotatable bonds is 7. The van der Waals surface area contributed by atoms with E-state index in [-0.39, 0.29) is 6.04 Å². The van der Waals surface area contributed by atoms with Crippen molar-refractivity contribution in [3.8, 4) is 39.1 Å². The van der Waals surface area contributed by atoms with Gasteiger partial charge in [0.25, 0.3) is 0 Å². The highest BCUT2D eigenvalue weighted by Crippen LogP contribution is 2.41. The third-order valence-electron chi connectivity index (χ3n) is 12.5. The third-order valence-corrected chi connectivity index (χ3v) is 12.5. The molecule has 3 heterocycles. The normalized spacial score (nSPS) is 14.1. The molecular formula is C59H39N3O. The molecule has 0 spiro atoms. The lowest BCUT2D eigenvalue weighted by Crippen LogP contribution is -2.20. The molecule has 0 saturated heterocycles. The first-order valence-corrected chi connectivity index (χ1v) is 21.4. The zero-order valence-corrected chi connectivity index (χ0v) is 34.3. The number of para-hydroxylation sites is 2. The Labute approximate surface area is 365 Å². The summed E-state index contributed by atoms with van der Waals surface area (Å²) in [5.74, 6) is 0.669. The molecule has 4 nitrogen and oxygen atoms in total. The van der Waals surface area contributed by atoms with Crippen molar-refractivity contribution in [2.24, 2.45) is 9.98 Å². The van der Waals surface area contributed by atoms with Crippen LogP contribution in [0.4, 0.5) is 0 Å². The van der Waals surface area contributed by atoms with Crippen LogP contribution in [-0.2, 0) is 0 Å². The molecule has 12 rings (SSSR count). The Hall–Kier alpha value is -8.34. The number of nitrogens with zero attached hydrogens (tertiary/aromatic N) is 3. The van der Waals surface area contributed by atoms with E-state index in [4.69, 9.17) is 14.4 Å². The van der Waals surface area contributed by atoms with Crippen LogP contribution in [0, 0.1) is 0 Å². The van der Waals surface area contributed by atoms with Gasteiger partial charge in [-0.25, -0.2) is 4.99 Å². The molecule has 296 valence electrons. The Kier molecular flexibility index (Phi) is 8.68. The molecule has 9 aromatic carbocycles. The van der Waals surface area contributed by atoms with E-state index in [1.165, 1.54) is 33.0 Å². The predicted octanol–water partition coefficient (Wildman–Crippen LogP) is 15.2. The van der Waals surface area contributed by atoms with Crippen molar-refractivity contribution in [3.63, 3.8) is 0 Å². The molecule has 4 heteroatoms. The SMILES string of the molecule is C=C1C(c2ccc(-c3ccccc3)cc2)=NC(c2ccc(-c3ccccc3)cc2)=NC1c1ccc2c(c1)oc1c(-n3c4ccccc4c4cc(-c5ccccc5)ccc43)cccc12. The quantitative estimate of drug-likeness (QED) is 0.158. The van der Waals surface area contributed by atoms with E-state index in [0.29, 0.717) is 5.84 Å². The van der Waals surface area contributed by atoms with Gasteiger partial charge in [-0.3, -0.25) is 4.99 Å². The first-order valence-electron chi connectivity index (χ1n) is 21.4. The maximum atomic E-state index is 6.97. The average molecular weight is 806 g/mol. The van der Waals surface area contributed by atoms with E-state index in [1.54, 1.807) is 0 Å². The minimum atomic E-state index is -0.386. The zero-order chi connectivity index (χ0) is 41.9. The zero-order valence-electron chi connectivity index (χ0n) is 34.3. The van der Waals surface area contributed by atoms with Crippen LogP contribution < -0.4 is 0 Å². The van der Waals surface area contributed by atoms with Crippen LogP contribution in [0.15, 0.2) is 245 Å². The monoisotopic (exact) mass is 805 g/mol. The molecule has 0 saturated carbocycles. The summed E-state index contributed by atoms with van der Waals surface area (Å²) in [5.41, 5.74) is 16.5. The van der Waals surface area contributed by atoms with E-state index in [0.717, 1.165) is 77.8 Å². The number of hydrogen-bond donors (Lipinski definition) is 0. The van der Waals surface area contributed by atoms with Crippen LogP contribution in [0.3, 0.4) is 0 Å². The molecule has 0 aliphatic carbocycles. The summed E-state index contributed by atoms with van der Waals surface area (Å²) in [6.07, 6.45) is 0. The molecule has 0 bridgehead atoms. The third kappa shape index (κ3) is 6.31. The van der Waals surface area contributed by atoms with E-state index >= 15 is 0 Å². The van der Waals surface area contributed by atoms with Crippen LogP contribution in [0.25, 0.3) is 82.8 Å². The van der Waals surface area contributed by atoms with Crippen molar-refractivity contribution in [2.45, 2.75) is 6.04 Å². The topological polar surface area (TPSA) is 42.8 Å². The van der Waals surface area contributed by atoms with E-state index in [9.17, 15) is 0 Å². The number of hydrogen-bond acceptors (Lipinski definition) is 3. The number of furan rings is 1. The van der Waals surface area contributed by atoms with Gasteiger partial charge in [0, 0.05) is 38.2 Å². The van der Waals surface area contributed by atoms with Crippen LogP contribution in [-0.4, -0.2) is 16.1 Å². The summed E-state index contributed by atoms with van der Waals surface area (Å²) in [7, 11) is 0. The van der Waals surface area contributed by atoms with Crippen molar-refractivity contribution < 1.29 is 4.42 Å². The van der Waals surface area contributed by atoms with Crippen molar-refractivity contribution in [3.05, 3.63) is 247 Å².